The van der Waals surface area contributed by atoms with Crippen molar-refractivity contribution in [3.8, 4) is 0 Å². The highest BCUT2D eigenvalue weighted by molar-refractivity contribution is 5.73. The minimum Gasteiger partial charge on any atom is -0.481 e. The van der Waals surface area contributed by atoms with Gasteiger partial charge in [-0.25, -0.2) is 0 Å². The Morgan fingerprint density at radius 2 is 1.39 bits per heavy atom. The second-order valence-electron chi connectivity index (χ2n) is 2.66. The number of carboxylic acids is 3. The van der Waals surface area contributed by atoms with Gasteiger partial charge in [0.25, 0.3) is 0 Å². The zero-order valence-electron chi connectivity index (χ0n) is 9.65. The molecule has 1 atom stereocenters. The number of aliphatic carboxylic acids is 3. The molecule has 0 aliphatic rings. The predicted molar refractivity (Wildman–Crippen MR) is 60.7 cm³/mol. The monoisotopic (exact) mass is 269 g/mol. The van der Waals surface area contributed by atoms with Crippen LogP contribution in [0.15, 0.2) is 0 Å². The first-order chi connectivity index (χ1) is 8.22. The molecule has 10 heteroatoms. The van der Waals surface area contributed by atoms with E-state index in [1.165, 1.54) is 0 Å². The third kappa shape index (κ3) is 29.2. The summed E-state index contributed by atoms with van der Waals surface area (Å²) in [5.74, 6) is -2.98. The van der Waals surface area contributed by atoms with E-state index in [-0.39, 0.29) is 19.5 Å². The molecule has 0 aliphatic carbocycles. The van der Waals surface area contributed by atoms with Crippen LogP contribution in [0.5, 0.6) is 0 Å². The topological polar surface area (TPSA) is 210 Å². The van der Waals surface area contributed by atoms with Gasteiger partial charge in [0.15, 0.2) is 0 Å². The molecule has 18 heavy (non-hydrogen) atoms. The van der Waals surface area contributed by atoms with Crippen molar-refractivity contribution in [2.45, 2.75) is 12.5 Å². The van der Waals surface area contributed by atoms with Crippen LogP contribution in [0.2, 0.25) is 0 Å². The molecular weight excluding hydrogens is 250 g/mol. The Labute approximate surface area is 103 Å². The lowest BCUT2D eigenvalue weighted by atomic mass is 10.3. The summed E-state index contributed by atoms with van der Waals surface area (Å²) in [6.45, 7) is -0.551. The molecule has 10 nitrogen and oxygen atoms in total. The molecule has 0 heterocycles. The third-order valence-corrected chi connectivity index (χ3v) is 1.05. The van der Waals surface area contributed by atoms with Gasteiger partial charge in [0.05, 0.1) is 19.6 Å². The minimum atomic E-state index is -1.18. The number of hydrogen-bond donors (Lipinski definition) is 7. The summed E-state index contributed by atoms with van der Waals surface area (Å²) in [6, 6.07) is -1.13. The Morgan fingerprint density at radius 1 is 1.00 bits per heavy atom. The highest BCUT2D eigenvalue weighted by Gasteiger charge is 2.06. The number of carbonyl (C=O) groups is 3. The van der Waals surface area contributed by atoms with Crippen molar-refractivity contribution < 1.29 is 34.8 Å². The lowest BCUT2D eigenvalue weighted by molar-refractivity contribution is -0.139. The summed E-state index contributed by atoms with van der Waals surface area (Å²) >= 11 is 0. The maximum absolute atomic E-state index is 9.65. The van der Waals surface area contributed by atoms with Crippen LogP contribution < -0.4 is 17.2 Å². The Morgan fingerprint density at radius 3 is 1.39 bits per heavy atom. The molecule has 0 aromatic heterocycles. The SMILES string of the molecule is NC(CO)C(=O)O.NCC(=O)O.NCCC(=O)O. The van der Waals surface area contributed by atoms with E-state index in [4.69, 9.17) is 31.9 Å². The minimum absolute atomic E-state index is 0.0694. The van der Waals surface area contributed by atoms with Gasteiger partial charge in [0, 0.05) is 6.54 Å². The van der Waals surface area contributed by atoms with Crippen LogP contribution in [-0.4, -0.2) is 64.1 Å². The van der Waals surface area contributed by atoms with Crippen LogP contribution in [0.4, 0.5) is 0 Å². The Balaban J connectivity index is -0.000000190. The lowest BCUT2D eigenvalue weighted by Crippen LogP contribution is -2.33. The van der Waals surface area contributed by atoms with Crippen LogP contribution >= 0.6 is 0 Å². The van der Waals surface area contributed by atoms with Gasteiger partial charge < -0.3 is 37.6 Å². The predicted octanol–water partition coefficient (Wildman–Crippen LogP) is -3.16. The first-order valence-corrected chi connectivity index (χ1v) is 4.65. The molecule has 0 radical (unpaired) electrons. The molecule has 0 aromatic rings. The maximum atomic E-state index is 9.65. The van der Waals surface area contributed by atoms with Crippen LogP contribution in [0.3, 0.4) is 0 Å². The van der Waals surface area contributed by atoms with Gasteiger partial charge >= 0.3 is 17.9 Å². The van der Waals surface area contributed by atoms with Crippen molar-refractivity contribution in [2.75, 3.05) is 19.7 Å². The quantitative estimate of drug-likeness (QED) is 0.266. The van der Waals surface area contributed by atoms with Crippen molar-refractivity contribution in [1.82, 2.24) is 0 Å². The maximum Gasteiger partial charge on any atom is 0.322 e. The molecule has 0 spiro atoms. The molecule has 0 bridgehead atoms. The number of carboxylic acid groups (broad SMARTS) is 3. The van der Waals surface area contributed by atoms with Gasteiger partial charge in [-0.2, -0.15) is 0 Å². The third-order valence-electron chi connectivity index (χ3n) is 1.05. The fourth-order valence-corrected chi connectivity index (χ4v) is 0.202. The fraction of sp³-hybridized carbons (Fsp3) is 0.625. The van der Waals surface area contributed by atoms with Crippen molar-refractivity contribution in [3.63, 3.8) is 0 Å². The lowest BCUT2D eigenvalue weighted by Gasteiger charge is -1.96. The van der Waals surface area contributed by atoms with Gasteiger partial charge in [0.2, 0.25) is 0 Å². The zero-order valence-corrected chi connectivity index (χ0v) is 9.65. The van der Waals surface area contributed by atoms with Crippen molar-refractivity contribution in [3.05, 3.63) is 0 Å². The average Bonchev–Trinajstić information content (AvgIpc) is 2.29. The van der Waals surface area contributed by atoms with E-state index < -0.39 is 30.6 Å². The number of nitrogens with two attached hydrogens (primary N) is 3. The Hall–Kier alpha value is -1.75. The highest BCUT2D eigenvalue weighted by Crippen LogP contribution is 1.71. The van der Waals surface area contributed by atoms with Crippen LogP contribution in [0.25, 0.3) is 0 Å². The first kappa shape index (κ1) is 21.5. The molecule has 0 rings (SSSR count). The summed E-state index contributed by atoms with van der Waals surface area (Å²) in [4.78, 5) is 28.4. The summed E-state index contributed by atoms with van der Waals surface area (Å²) in [6.07, 6.45) is 0.0694. The summed E-state index contributed by atoms with van der Waals surface area (Å²) in [5, 5.41) is 31.3. The zero-order chi connectivity index (χ0) is 15.1. The molecule has 0 aliphatic heterocycles. The van der Waals surface area contributed by atoms with E-state index in [9.17, 15) is 14.4 Å². The van der Waals surface area contributed by atoms with Gasteiger partial charge in [-0.05, 0) is 0 Å². The molecular formula is C8H19N3O7. The van der Waals surface area contributed by atoms with Crippen molar-refractivity contribution >= 4 is 17.9 Å². The number of hydrogen-bond acceptors (Lipinski definition) is 7. The summed E-state index contributed by atoms with van der Waals surface area (Å²) < 4.78 is 0. The average molecular weight is 269 g/mol. The van der Waals surface area contributed by atoms with E-state index in [0.29, 0.717) is 0 Å². The van der Waals surface area contributed by atoms with Crippen molar-refractivity contribution in [1.29, 1.82) is 0 Å². The second kappa shape index (κ2) is 15.2. The number of aliphatic hydroxyl groups is 1. The van der Waals surface area contributed by atoms with Gasteiger partial charge in [0.1, 0.15) is 6.04 Å². The summed E-state index contributed by atoms with van der Waals surface area (Å²) in [7, 11) is 0. The fourth-order valence-electron chi connectivity index (χ4n) is 0.202. The summed E-state index contributed by atoms with van der Waals surface area (Å²) in [5.41, 5.74) is 14.2. The molecule has 0 aromatic carbocycles. The second-order valence-corrected chi connectivity index (χ2v) is 2.66. The Kier molecular flexibility index (Phi) is 18.2. The van der Waals surface area contributed by atoms with E-state index in [1.807, 2.05) is 0 Å². The molecule has 0 fully saturated rings. The van der Waals surface area contributed by atoms with E-state index in [2.05, 4.69) is 5.73 Å². The molecule has 1 unspecified atom stereocenters. The smallest absolute Gasteiger partial charge is 0.322 e. The van der Waals surface area contributed by atoms with Gasteiger partial charge in [-0.3, -0.25) is 14.4 Å². The van der Waals surface area contributed by atoms with Gasteiger partial charge in [-0.1, -0.05) is 0 Å². The molecule has 10 N–H and O–H groups in total. The number of rotatable bonds is 5. The van der Waals surface area contributed by atoms with Crippen LogP contribution in [0.1, 0.15) is 6.42 Å². The largest absolute Gasteiger partial charge is 0.481 e. The highest BCUT2D eigenvalue weighted by atomic mass is 16.4. The Bertz CT molecular complexity index is 247. The normalized spacial score (nSPS) is 10.0. The first-order valence-electron chi connectivity index (χ1n) is 4.65. The number of aliphatic hydroxyl groups excluding tert-OH is 1. The van der Waals surface area contributed by atoms with E-state index >= 15 is 0 Å². The molecule has 0 amide bonds. The van der Waals surface area contributed by atoms with E-state index in [0.717, 1.165) is 0 Å². The van der Waals surface area contributed by atoms with Crippen LogP contribution in [0, 0.1) is 0 Å². The molecule has 108 valence electrons. The van der Waals surface area contributed by atoms with Crippen molar-refractivity contribution in [2.24, 2.45) is 17.2 Å². The standard InChI is InChI=1S/C3H7NO3.C3H7NO2.C2H5NO2/c4-2(1-5)3(6)7;4-2-1-3(5)6;3-1-2(4)5/h2,5H,1,4H2,(H,6,7);1-2,4H2,(H,5,6);1,3H2,(H,4,5). The van der Waals surface area contributed by atoms with Gasteiger partial charge in [-0.15, -0.1) is 0 Å². The molecule has 0 saturated carbocycles. The van der Waals surface area contributed by atoms with Crippen LogP contribution in [-0.2, 0) is 14.4 Å². The van der Waals surface area contributed by atoms with E-state index in [1.54, 1.807) is 0 Å². The molecule has 0 saturated heterocycles.